The molecule has 12 heteroatoms. The number of nitrogens with zero attached hydrogens (tertiary/aromatic N) is 7. The number of hydrogen-bond donors (Lipinski definition) is 0. The normalized spacial score (nSPS) is 19.9. The zero-order valence-corrected chi connectivity index (χ0v) is 44.6. The Hall–Kier alpha value is -4.94. The first kappa shape index (κ1) is 49.1. The van der Waals surface area contributed by atoms with Gasteiger partial charge in [0.25, 0.3) is 0 Å². The number of fused-ring (bicyclic) bond motifs is 3. The number of pyridine rings is 1. The number of aromatic nitrogens is 5. The Morgan fingerprint density at radius 1 is 0.638 bits per heavy atom. The number of imidazole rings is 1. The Morgan fingerprint density at radius 3 is 1.58 bits per heavy atom. The van der Waals surface area contributed by atoms with Crippen molar-refractivity contribution in [3.8, 4) is 22.5 Å². The molecule has 0 saturated carbocycles. The lowest BCUT2D eigenvalue weighted by molar-refractivity contribution is -0.132. The van der Waals surface area contributed by atoms with Crippen molar-refractivity contribution >= 4 is 45.8 Å². The van der Waals surface area contributed by atoms with Gasteiger partial charge in [-0.05, 0) is 140 Å². The van der Waals surface area contributed by atoms with E-state index in [4.69, 9.17) is 14.7 Å². The summed E-state index contributed by atoms with van der Waals surface area (Å²) in [5.74, 6) is 0.954. The molecule has 10 nitrogen and oxygen atoms in total. The van der Waals surface area contributed by atoms with E-state index in [1.807, 2.05) is 47.3 Å². The highest BCUT2D eigenvalue weighted by atomic mass is 32.1. The Balaban J connectivity index is 0.000000174. The highest BCUT2D eigenvalue weighted by Gasteiger charge is 2.39. The summed E-state index contributed by atoms with van der Waals surface area (Å²) in [6.07, 6.45) is 11.9. The minimum absolute atomic E-state index is 0.128. The molecule has 366 valence electrons. The number of ether oxygens (including phenoxy) is 1. The molecule has 0 spiro atoms. The number of hydrogen-bond acceptors (Lipinski definition) is 9. The number of carbonyl (C=O) groups is 2. The molecule has 0 bridgehead atoms. The van der Waals surface area contributed by atoms with Gasteiger partial charge in [-0.1, -0.05) is 79.7 Å². The quantitative estimate of drug-likeness (QED) is 0.164. The lowest BCUT2D eigenvalue weighted by Gasteiger charge is -2.42. The van der Waals surface area contributed by atoms with Crippen molar-refractivity contribution in [3.05, 3.63) is 104 Å². The number of carbonyl (C=O) groups excluding carboxylic acids is 2. The highest BCUT2D eigenvalue weighted by Crippen LogP contribution is 2.49. The second-order valence-corrected chi connectivity index (χ2v) is 25.6. The Bertz CT molecular complexity index is 2830. The molecule has 2 saturated heterocycles. The number of rotatable bonds is 6. The van der Waals surface area contributed by atoms with Crippen LogP contribution in [-0.4, -0.2) is 78.1 Å². The maximum atomic E-state index is 13.0. The van der Waals surface area contributed by atoms with Crippen LogP contribution in [0.4, 0.5) is 4.79 Å². The maximum absolute atomic E-state index is 13.0. The van der Waals surface area contributed by atoms with Gasteiger partial charge in [0, 0.05) is 66.1 Å². The summed E-state index contributed by atoms with van der Waals surface area (Å²) >= 11 is 3.53. The van der Waals surface area contributed by atoms with Gasteiger partial charge in [0.2, 0.25) is 5.91 Å². The van der Waals surface area contributed by atoms with Gasteiger partial charge in [0.05, 0.1) is 27.7 Å². The number of thiazole rings is 2. The molecule has 2 fully saturated rings. The molecule has 0 radical (unpaired) electrons. The van der Waals surface area contributed by atoms with E-state index in [1.54, 1.807) is 35.2 Å². The molecule has 0 atom stereocenters. The van der Waals surface area contributed by atoms with Crippen LogP contribution < -0.4 is 0 Å². The van der Waals surface area contributed by atoms with Crippen molar-refractivity contribution in [2.24, 2.45) is 0 Å². The maximum Gasteiger partial charge on any atom is 0.410 e. The van der Waals surface area contributed by atoms with Crippen molar-refractivity contribution in [2.45, 2.75) is 173 Å². The highest BCUT2D eigenvalue weighted by molar-refractivity contribution is 7.10. The lowest BCUT2D eigenvalue weighted by atomic mass is 9.63. The first-order valence-corrected chi connectivity index (χ1v) is 27.1. The van der Waals surface area contributed by atoms with Gasteiger partial charge < -0.3 is 19.1 Å². The molecule has 10 rings (SSSR count). The fraction of sp³-hybridized carbons (Fsp3) is 0.544. The van der Waals surface area contributed by atoms with E-state index in [-0.39, 0.29) is 40.2 Å². The van der Waals surface area contributed by atoms with Gasteiger partial charge in [-0.15, -0.1) is 22.7 Å². The minimum atomic E-state index is -0.448. The minimum Gasteiger partial charge on any atom is -0.444 e. The molecule has 0 N–H and O–H groups in total. The second-order valence-electron chi connectivity index (χ2n) is 23.8. The van der Waals surface area contributed by atoms with Crippen LogP contribution in [0.1, 0.15) is 172 Å². The number of amides is 2. The molecule has 6 heterocycles. The molecule has 2 amide bonds. The van der Waals surface area contributed by atoms with Crippen LogP contribution in [0.15, 0.2) is 71.8 Å². The zero-order chi connectivity index (χ0) is 49.1. The van der Waals surface area contributed by atoms with Crippen molar-refractivity contribution in [1.29, 1.82) is 0 Å². The zero-order valence-electron chi connectivity index (χ0n) is 42.9. The second kappa shape index (κ2) is 18.7. The average molecular weight is 968 g/mol. The first-order chi connectivity index (χ1) is 32.6. The van der Waals surface area contributed by atoms with Gasteiger partial charge >= 0.3 is 6.09 Å². The van der Waals surface area contributed by atoms with E-state index < -0.39 is 5.60 Å². The fourth-order valence-corrected chi connectivity index (χ4v) is 13.0. The van der Waals surface area contributed by atoms with Crippen LogP contribution >= 0.6 is 22.7 Å². The van der Waals surface area contributed by atoms with Crippen LogP contribution in [0.2, 0.25) is 0 Å². The monoisotopic (exact) mass is 968 g/mol. The van der Waals surface area contributed by atoms with E-state index in [0.29, 0.717) is 11.8 Å². The summed E-state index contributed by atoms with van der Waals surface area (Å²) < 4.78 is 7.38. The molecule has 2 aromatic carbocycles. The van der Waals surface area contributed by atoms with Gasteiger partial charge in [-0.3, -0.25) is 4.79 Å². The molecule has 2 aliphatic heterocycles. The summed E-state index contributed by atoms with van der Waals surface area (Å²) in [6, 6.07) is 17.8. The van der Waals surface area contributed by atoms with Gasteiger partial charge in [0.15, 0.2) is 5.65 Å². The third kappa shape index (κ3) is 10.4. The van der Waals surface area contributed by atoms with Crippen LogP contribution in [0.5, 0.6) is 0 Å². The molecule has 4 aromatic heterocycles. The van der Waals surface area contributed by atoms with Crippen LogP contribution in [0.25, 0.3) is 33.7 Å². The Labute approximate surface area is 418 Å². The van der Waals surface area contributed by atoms with Crippen molar-refractivity contribution in [1.82, 2.24) is 34.3 Å². The summed E-state index contributed by atoms with van der Waals surface area (Å²) in [5.41, 5.74) is 12.5. The molecule has 2 aliphatic carbocycles. The molecule has 6 aromatic rings. The van der Waals surface area contributed by atoms with Crippen molar-refractivity contribution < 1.29 is 14.3 Å². The Morgan fingerprint density at radius 2 is 1.10 bits per heavy atom. The predicted molar refractivity (Wildman–Crippen MR) is 282 cm³/mol. The SMILES string of the molecule is CC(C)(C)OC(=O)N1CCC(c2nc(-c3ccc4c(c3)C(C)(C)CCC4(C)C)cs2)CC1.CC1(C)CCC(C)(C)c2cc(-c3csc(C4CCN(C(=O)Cn5cnc6cccnc65)CC4)n3)ccc21. The number of piperidine rings is 2. The van der Waals surface area contributed by atoms with E-state index >= 15 is 0 Å². The van der Waals surface area contributed by atoms with E-state index in [1.165, 1.54) is 69.1 Å². The van der Waals surface area contributed by atoms with Crippen molar-refractivity contribution in [2.75, 3.05) is 26.2 Å². The predicted octanol–water partition coefficient (Wildman–Crippen LogP) is 13.6. The standard InChI is InChI=1S/C30H35N5OS.C27H38N2O2S/c1-29(2)11-12-30(3,4)23-16-21(7-8-22(23)29)25-18-37-28(33-25)20-9-14-34(15-10-20)26(36)17-35-19-32-24-6-5-13-31-27(24)35;1-25(2,3)31-24(30)29-14-10-18(11-15-29)23-28-22(17-32-23)19-8-9-20-21(16-19)27(6,7)13-12-26(20,4)5/h5-8,13,16,18-20H,9-12,14-15,17H2,1-4H3;8-9,16-18H,10-15H2,1-7H3. The van der Waals surface area contributed by atoms with E-state index in [0.717, 1.165) is 74.4 Å². The first-order valence-electron chi connectivity index (χ1n) is 25.3. The number of likely N-dealkylation sites (tertiary alicyclic amines) is 2. The summed E-state index contributed by atoms with van der Waals surface area (Å²) in [6.45, 7) is 28.0. The molecular weight excluding hydrogens is 895 g/mol. The van der Waals surface area contributed by atoms with E-state index in [2.05, 4.69) is 113 Å². The third-order valence-corrected chi connectivity index (χ3v) is 17.7. The molecule has 0 unspecified atom stereocenters. The van der Waals surface area contributed by atoms with Crippen molar-refractivity contribution in [3.63, 3.8) is 0 Å². The van der Waals surface area contributed by atoms with E-state index in [9.17, 15) is 9.59 Å². The topological polar surface area (TPSA) is 106 Å². The largest absolute Gasteiger partial charge is 0.444 e. The fourth-order valence-electron chi connectivity index (χ4n) is 11.0. The van der Waals surface area contributed by atoms with Gasteiger partial charge in [-0.25, -0.2) is 24.7 Å². The summed E-state index contributed by atoms with van der Waals surface area (Å²) in [7, 11) is 0. The van der Waals surface area contributed by atoms with Crippen LogP contribution in [0, 0.1) is 0 Å². The average Bonchev–Trinajstić information content (AvgIpc) is 4.11. The molecule has 4 aliphatic rings. The van der Waals surface area contributed by atoms with Crippen LogP contribution in [0.3, 0.4) is 0 Å². The summed E-state index contributed by atoms with van der Waals surface area (Å²) in [5, 5.41) is 6.82. The third-order valence-electron chi connectivity index (χ3n) is 15.7. The summed E-state index contributed by atoms with van der Waals surface area (Å²) in [4.78, 5) is 48.0. The van der Waals surface area contributed by atoms with Gasteiger partial charge in [0.1, 0.15) is 17.7 Å². The van der Waals surface area contributed by atoms with Gasteiger partial charge in [-0.2, -0.15) is 0 Å². The lowest BCUT2D eigenvalue weighted by Crippen LogP contribution is -2.41. The Kier molecular flexibility index (Phi) is 13.3. The van der Waals surface area contributed by atoms with Crippen LogP contribution in [-0.2, 0) is 37.7 Å². The smallest absolute Gasteiger partial charge is 0.410 e. The number of benzene rings is 2. The molecular formula is C57H73N7O3S2. The molecule has 69 heavy (non-hydrogen) atoms.